The Balaban J connectivity index is 1.35. The topological polar surface area (TPSA) is 95.5 Å². The number of anilines is 2. The molecule has 0 saturated carbocycles. The van der Waals surface area contributed by atoms with Crippen LogP contribution < -0.4 is 10.6 Å². The number of benzene rings is 1. The lowest BCUT2D eigenvalue weighted by atomic mass is 9.98. The molecule has 9 heteroatoms. The number of ether oxygens (including phenoxy) is 1. The predicted molar refractivity (Wildman–Crippen MR) is 139 cm³/mol. The highest BCUT2D eigenvalue weighted by Gasteiger charge is 2.24. The number of carbonyl (C=O) groups is 1. The zero-order valence-corrected chi connectivity index (χ0v) is 20.6. The minimum Gasteiger partial charge on any atom is -0.383 e. The van der Waals surface area contributed by atoms with Crippen LogP contribution in [-0.4, -0.2) is 90.2 Å². The lowest BCUT2D eigenvalue weighted by Gasteiger charge is -2.24. The van der Waals surface area contributed by atoms with Crippen molar-refractivity contribution in [3.05, 3.63) is 54.5 Å². The van der Waals surface area contributed by atoms with Gasteiger partial charge in [0.15, 0.2) is 0 Å². The summed E-state index contributed by atoms with van der Waals surface area (Å²) in [4.78, 5) is 29.8. The fourth-order valence-corrected chi connectivity index (χ4v) is 4.53. The second-order valence-corrected chi connectivity index (χ2v) is 9.01. The lowest BCUT2D eigenvalue weighted by Crippen LogP contribution is -2.35. The summed E-state index contributed by atoms with van der Waals surface area (Å²) in [7, 11) is 1.68. The first-order chi connectivity index (χ1) is 17.1. The van der Waals surface area contributed by atoms with Crippen molar-refractivity contribution in [2.75, 3.05) is 70.2 Å². The number of nitrogens with zero attached hydrogens (tertiary/aromatic N) is 5. The molecule has 1 aliphatic rings. The normalized spacial score (nSPS) is 16.7. The molecule has 2 N–H and O–H groups in total. The van der Waals surface area contributed by atoms with Crippen LogP contribution in [0.2, 0.25) is 0 Å². The van der Waals surface area contributed by atoms with Gasteiger partial charge in [0.25, 0.3) is 0 Å². The summed E-state index contributed by atoms with van der Waals surface area (Å²) in [6.07, 6.45) is 4.43. The van der Waals surface area contributed by atoms with E-state index in [4.69, 9.17) is 4.74 Å². The molecule has 0 radical (unpaired) electrons. The number of nitrogens with one attached hydrogen (secondary N) is 2. The molecule has 35 heavy (non-hydrogen) atoms. The third-order valence-corrected chi connectivity index (χ3v) is 6.31. The van der Waals surface area contributed by atoms with E-state index in [-0.39, 0.29) is 5.91 Å². The molecule has 2 aromatic heterocycles. The van der Waals surface area contributed by atoms with Gasteiger partial charge in [0.1, 0.15) is 18.0 Å². The summed E-state index contributed by atoms with van der Waals surface area (Å²) in [5, 5.41) is 7.78. The maximum atomic E-state index is 12.2. The Bertz CT molecular complexity index is 1110. The fraction of sp³-hybridized carbons (Fsp3) is 0.462. The van der Waals surface area contributed by atoms with Crippen LogP contribution in [0.3, 0.4) is 0 Å². The zero-order valence-electron chi connectivity index (χ0n) is 20.6. The van der Waals surface area contributed by atoms with Gasteiger partial charge in [-0.15, -0.1) is 0 Å². The highest BCUT2D eigenvalue weighted by molar-refractivity contribution is 5.78. The third kappa shape index (κ3) is 7.34. The maximum Gasteiger partial charge on any atom is 0.219 e. The Morgan fingerprint density at radius 1 is 1.06 bits per heavy atom. The van der Waals surface area contributed by atoms with E-state index in [9.17, 15) is 4.79 Å². The van der Waals surface area contributed by atoms with Gasteiger partial charge in [-0.2, -0.15) is 0 Å². The number of hydrogen-bond donors (Lipinski definition) is 2. The van der Waals surface area contributed by atoms with Gasteiger partial charge in [-0.3, -0.25) is 14.7 Å². The molecule has 1 fully saturated rings. The van der Waals surface area contributed by atoms with E-state index in [1.54, 1.807) is 20.4 Å². The van der Waals surface area contributed by atoms with Gasteiger partial charge in [0, 0.05) is 77.5 Å². The van der Waals surface area contributed by atoms with Crippen LogP contribution in [0.5, 0.6) is 0 Å². The lowest BCUT2D eigenvalue weighted by molar-refractivity contribution is -0.129. The van der Waals surface area contributed by atoms with Crippen molar-refractivity contribution in [3.63, 3.8) is 0 Å². The minimum atomic E-state index is 0.140. The molecule has 0 bridgehead atoms. The second kappa shape index (κ2) is 12.4. The standard InChI is InChI=1S/C26H35N7O2/c1-20(34)33-11-10-32(9-7-27-25-15-26(31-19-30-25)28-8-12-35-2)17-22(18-33)13-21-14-23-5-3-4-6-24(23)29-16-21/h3-6,14-16,19,22H,7-13,17-18H2,1-2H3,(H2,27,28,30,31). The minimum absolute atomic E-state index is 0.140. The molecule has 3 aromatic rings. The summed E-state index contributed by atoms with van der Waals surface area (Å²) in [6, 6.07) is 12.3. The van der Waals surface area contributed by atoms with Gasteiger partial charge in [0.05, 0.1) is 12.1 Å². The van der Waals surface area contributed by atoms with Crippen molar-refractivity contribution >= 4 is 28.4 Å². The van der Waals surface area contributed by atoms with Crippen molar-refractivity contribution in [2.24, 2.45) is 5.92 Å². The van der Waals surface area contributed by atoms with E-state index < -0.39 is 0 Å². The second-order valence-electron chi connectivity index (χ2n) is 9.01. The highest BCUT2D eigenvalue weighted by Crippen LogP contribution is 2.19. The van der Waals surface area contributed by atoms with Crippen molar-refractivity contribution in [3.8, 4) is 0 Å². The van der Waals surface area contributed by atoms with Crippen molar-refractivity contribution in [2.45, 2.75) is 13.3 Å². The van der Waals surface area contributed by atoms with Gasteiger partial charge in [-0.1, -0.05) is 18.2 Å². The van der Waals surface area contributed by atoms with Crippen LogP contribution in [0.25, 0.3) is 10.9 Å². The van der Waals surface area contributed by atoms with Gasteiger partial charge in [-0.25, -0.2) is 9.97 Å². The van der Waals surface area contributed by atoms with Crippen molar-refractivity contribution in [1.29, 1.82) is 0 Å². The van der Waals surface area contributed by atoms with Gasteiger partial charge >= 0.3 is 0 Å². The van der Waals surface area contributed by atoms with Crippen LogP contribution in [-0.2, 0) is 16.0 Å². The van der Waals surface area contributed by atoms with E-state index >= 15 is 0 Å². The SMILES string of the molecule is COCCNc1cc(NCCN2CCN(C(C)=O)CC(Cc3cnc4ccccc4c3)C2)ncn1. The third-order valence-electron chi connectivity index (χ3n) is 6.31. The first-order valence-corrected chi connectivity index (χ1v) is 12.2. The van der Waals surface area contributed by atoms with E-state index in [1.807, 2.05) is 35.4 Å². The maximum absolute atomic E-state index is 12.2. The van der Waals surface area contributed by atoms with Crippen LogP contribution in [0.4, 0.5) is 11.6 Å². The monoisotopic (exact) mass is 477 g/mol. The molecule has 1 unspecified atom stereocenters. The van der Waals surface area contributed by atoms with Gasteiger partial charge < -0.3 is 20.3 Å². The smallest absolute Gasteiger partial charge is 0.219 e. The Hall–Kier alpha value is -3.30. The van der Waals surface area contributed by atoms with E-state index in [2.05, 4.69) is 42.6 Å². The van der Waals surface area contributed by atoms with Crippen molar-refractivity contribution < 1.29 is 9.53 Å². The van der Waals surface area contributed by atoms with E-state index in [0.717, 1.165) is 68.2 Å². The molecule has 0 spiro atoms. The molecule has 1 aliphatic heterocycles. The van der Waals surface area contributed by atoms with Crippen LogP contribution in [0, 0.1) is 5.92 Å². The van der Waals surface area contributed by atoms with E-state index in [0.29, 0.717) is 19.1 Å². The Morgan fingerprint density at radius 3 is 2.66 bits per heavy atom. The molecule has 0 aliphatic carbocycles. The summed E-state index contributed by atoms with van der Waals surface area (Å²) in [5.74, 6) is 2.05. The van der Waals surface area contributed by atoms with Crippen LogP contribution >= 0.6 is 0 Å². The number of amides is 1. The average Bonchev–Trinajstić information content (AvgIpc) is 3.07. The molecule has 1 aromatic carbocycles. The molecule has 4 rings (SSSR count). The Kier molecular flexibility index (Phi) is 8.80. The largest absolute Gasteiger partial charge is 0.383 e. The number of methoxy groups -OCH3 is 1. The van der Waals surface area contributed by atoms with E-state index in [1.165, 1.54) is 5.56 Å². The Labute approximate surface area is 206 Å². The molecular formula is C26H35N7O2. The highest BCUT2D eigenvalue weighted by atomic mass is 16.5. The number of pyridine rings is 1. The predicted octanol–water partition coefficient (Wildman–Crippen LogP) is 2.52. The number of aromatic nitrogens is 3. The Morgan fingerprint density at radius 2 is 1.86 bits per heavy atom. The fourth-order valence-electron chi connectivity index (χ4n) is 4.53. The number of rotatable bonds is 10. The number of fused-ring (bicyclic) bond motifs is 1. The molecule has 1 saturated heterocycles. The average molecular weight is 478 g/mol. The molecule has 1 amide bonds. The first kappa shape index (κ1) is 24.8. The molecule has 1 atom stereocenters. The number of para-hydroxylation sites is 1. The molecule has 3 heterocycles. The summed E-state index contributed by atoms with van der Waals surface area (Å²) >= 11 is 0. The molecule has 9 nitrogen and oxygen atoms in total. The zero-order chi connectivity index (χ0) is 24.5. The quantitative estimate of drug-likeness (QED) is 0.430. The summed E-state index contributed by atoms with van der Waals surface area (Å²) in [6.45, 7) is 7.94. The summed E-state index contributed by atoms with van der Waals surface area (Å²) in [5.41, 5.74) is 2.23. The molecule has 186 valence electrons. The van der Waals surface area contributed by atoms with Crippen molar-refractivity contribution in [1.82, 2.24) is 24.8 Å². The van der Waals surface area contributed by atoms with Crippen LogP contribution in [0.1, 0.15) is 12.5 Å². The number of carbonyl (C=O) groups excluding carboxylic acids is 1. The van der Waals surface area contributed by atoms with Gasteiger partial charge in [-0.05, 0) is 30.0 Å². The molecular weight excluding hydrogens is 442 g/mol. The first-order valence-electron chi connectivity index (χ1n) is 12.2. The summed E-state index contributed by atoms with van der Waals surface area (Å²) < 4.78 is 5.07. The van der Waals surface area contributed by atoms with Crippen LogP contribution in [0.15, 0.2) is 48.9 Å². The van der Waals surface area contributed by atoms with Gasteiger partial charge in [0.2, 0.25) is 5.91 Å². The number of hydrogen-bond acceptors (Lipinski definition) is 8.